The van der Waals surface area contributed by atoms with Crippen molar-refractivity contribution >= 4 is 12.0 Å². The van der Waals surface area contributed by atoms with Crippen molar-refractivity contribution < 1.29 is 0 Å². The molecule has 2 aromatic rings. The fourth-order valence-electron chi connectivity index (χ4n) is 1.28. The van der Waals surface area contributed by atoms with E-state index in [0.29, 0.717) is 11.4 Å². The van der Waals surface area contributed by atoms with Crippen LogP contribution in [-0.2, 0) is 0 Å². The number of rotatable bonds is 2. The Bertz CT molecular complexity index is 444. The molecule has 0 amide bonds. The number of aromatic nitrogens is 2. The molecule has 0 spiro atoms. The summed E-state index contributed by atoms with van der Waals surface area (Å²) in [6, 6.07) is 7.40. The predicted molar refractivity (Wildman–Crippen MR) is 55.9 cm³/mol. The molecule has 0 saturated heterocycles. The Kier molecular flexibility index (Phi) is 2.02. The summed E-state index contributed by atoms with van der Waals surface area (Å²) >= 11 is 0. The van der Waals surface area contributed by atoms with Gasteiger partial charge in [-0.2, -0.15) is 0 Å². The van der Waals surface area contributed by atoms with Gasteiger partial charge >= 0.3 is 0 Å². The van der Waals surface area contributed by atoms with Crippen LogP contribution in [0.4, 0.5) is 5.82 Å². The molecule has 3 N–H and O–H groups in total. The Morgan fingerprint density at radius 1 is 1.36 bits per heavy atom. The van der Waals surface area contributed by atoms with Gasteiger partial charge in [0, 0.05) is 24.2 Å². The minimum Gasteiger partial charge on any atom is -0.384 e. The average Bonchev–Trinajstić information content (AvgIpc) is 2.61. The zero-order chi connectivity index (χ0) is 9.97. The lowest BCUT2D eigenvalue weighted by molar-refractivity contribution is 1.02. The van der Waals surface area contributed by atoms with E-state index in [2.05, 4.69) is 4.98 Å². The molecule has 0 unspecified atom stereocenters. The second-order valence-corrected chi connectivity index (χ2v) is 2.86. The molecule has 2 heterocycles. The van der Waals surface area contributed by atoms with Crippen LogP contribution < -0.4 is 5.73 Å². The highest BCUT2D eigenvalue weighted by atomic mass is 15.1. The van der Waals surface area contributed by atoms with Gasteiger partial charge in [-0.1, -0.05) is 6.07 Å². The fourth-order valence-corrected chi connectivity index (χ4v) is 1.28. The summed E-state index contributed by atoms with van der Waals surface area (Å²) < 4.78 is 1.75. The van der Waals surface area contributed by atoms with Crippen LogP contribution in [0.1, 0.15) is 5.56 Å². The van der Waals surface area contributed by atoms with Gasteiger partial charge in [-0.05, 0) is 18.2 Å². The lowest BCUT2D eigenvalue weighted by Gasteiger charge is -2.03. The maximum atomic E-state index is 7.12. The van der Waals surface area contributed by atoms with E-state index >= 15 is 0 Å². The average molecular weight is 186 g/mol. The number of hydrogen-bond donors (Lipinski definition) is 2. The van der Waals surface area contributed by atoms with Crippen LogP contribution in [0.15, 0.2) is 36.7 Å². The molecule has 0 aliphatic carbocycles. The molecule has 0 fully saturated rings. The SMILES string of the molecule is N=Cc1ccn(-c2ccccn2)c1N. The van der Waals surface area contributed by atoms with Gasteiger partial charge in [0.1, 0.15) is 11.6 Å². The molecule has 0 saturated carbocycles. The predicted octanol–water partition coefficient (Wildman–Crippen LogP) is 1.45. The highest BCUT2D eigenvalue weighted by Gasteiger charge is 2.04. The second kappa shape index (κ2) is 3.33. The van der Waals surface area contributed by atoms with Crippen molar-refractivity contribution in [1.29, 1.82) is 5.41 Å². The van der Waals surface area contributed by atoms with Gasteiger partial charge in [-0.15, -0.1) is 0 Å². The first kappa shape index (κ1) is 8.50. The third-order valence-corrected chi connectivity index (χ3v) is 2.01. The number of anilines is 1. The summed E-state index contributed by atoms with van der Waals surface area (Å²) in [6.07, 6.45) is 4.74. The molecule has 2 rings (SSSR count). The summed E-state index contributed by atoms with van der Waals surface area (Å²) in [5, 5.41) is 7.12. The van der Waals surface area contributed by atoms with Crippen LogP contribution in [0.5, 0.6) is 0 Å². The van der Waals surface area contributed by atoms with Gasteiger partial charge in [0.05, 0.1) is 0 Å². The molecule has 70 valence electrons. The highest BCUT2D eigenvalue weighted by molar-refractivity contribution is 5.84. The number of nitrogens with two attached hydrogens (primary N) is 1. The van der Waals surface area contributed by atoms with Gasteiger partial charge in [-0.25, -0.2) is 4.98 Å². The molecule has 4 heteroatoms. The third-order valence-electron chi connectivity index (χ3n) is 2.01. The smallest absolute Gasteiger partial charge is 0.138 e. The largest absolute Gasteiger partial charge is 0.384 e. The molecular weight excluding hydrogens is 176 g/mol. The summed E-state index contributed by atoms with van der Waals surface area (Å²) in [4.78, 5) is 4.17. The van der Waals surface area contributed by atoms with Crippen molar-refractivity contribution in [2.75, 3.05) is 5.73 Å². The van der Waals surface area contributed by atoms with Gasteiger partial charge < -0.3 is 11.1 Å². The Hall–Kier alpha value is -2.10. The maximum Gasteiger partial charge on any atom is 0.138 e. The van der Waals surface area contributed by atoms with E-state index in [1.54, 1.807) is 23.0 Å². The highest BCUT2D eigenvalue weighted by Crippen LogP contribution is 2.15. The summed E-state index contributed by atoms with van der Waals surface area (Å²) in [6.45, 7) is 0. The molecule has 0 aliphatic heterocycles. The normalized spacial score (nSPS) is 10.0. The van der Waals surface area contributed by atoms with Crippen molar-refractivity contribution in [3.63, 3.8) is 0 Å². The molecule has 14 heavy (non-hydrogen) atoms. The lowest BCUT2D eigenvalue weighted by Crippen LogP contribution is -2.01. The maximum absolute atomic E-state index is 7.12. The monoisotopic (exact) mass is 186 g/mol. The zero-order valence-electron chi connectivity index (χ0n) is 7.51. The first-order valence-corrected chi connectivity index (χ1v) is 4.21. The van der Waals surface area contributed by atoms with Crippen LogP contribution in [-0.4, -0.2) is 15.8 Å². The number of nitrogens with zero attached hydrogens (tertiary/aromatic N) is 2. The van der Waals surface area contributed by atoms with Crippen LogP contribution in [0.3, 0.4) is 0 Å². The first-order chi connectivity index (χ1) is 6.83. The summed E-state index contributed by atoms with van der Waals surface area (Å²) in [5.74, 6) is 1.30. The minimum absolute atomic E-state index is 0.540. The summed E-state index contributed by atoms with van der Waals surface area (Å²) in [7, 11) is 0. The third kappa shape index (κ3) is 1.26. The standard InChI is InChI=1S/C10H10N4/c11-7-8-4-6-14(10(8)12)9-3-1-2-5-13-9/h1-7,11H,12H2. The number of nitrogen functional groups attached to an aromatic ring is 1. The number of pyridine rings is 1. The molecular formula is C10H10N4. The van der Waals surface area contributed by atoms with Crippen LogP contribution in [0, 0.1) is 5.41 Å². The van der Waals surface area contributed by atoms with Crippen molar-refractivity contribution in [2.24, 2.45) is 0 Å². The molecule has 0 bridgehead atoms. The Morgan fingerprint density at radius 3 is 2.79 bits per heavy atom. The van der Waals surface area contributed by atoms with Crippen molar-refractivity contribution in [3.05, 3.63) is 42.2 Å². The second-order valence-electron chi connectivity index (χ2n) is 2.86. The van der Waals surface area contributed by atoms with Crippen LogP contribution in [0.25, 0.3) is 5.82 Å². The Labute approximate surface area is 81.5 Å². The molecule has 0 radical (unpaired) electrons. The van der Waals surface area contributed by atoms with E-state index in [1.165, 1.54) is 6.21 Å². The quantitative estimate of drug-likeness (QED) is 0.697. The number of hydrogen-bond acceptors (Lipinski definition) is 3. The van der Waals surface area contributed by atoms with E-state index in [9.17, 15) is 0 Å². The number of nitrogens with one attached hydrogen (secondary N) is 1. The molecule has 4 nitrogen and oxygen atoms in total. The fraction of sp³-hybridized carbons (Fsp3) is 0. The molecule has 2 aromatic heterocycles. The lowest BCUT2D eigenvalue weighted by atomic mass is 10.3. The molecule has 0 atom stereocenters. The van der Waals surface area contributed by atoms with Crippen molar-refractivity contribution in [1.82, 2.24) is 9.55 Å². The van der Waals surface area contributed by atoms with Gasteiger partial charge in [-0.3, -0.25) is 4.57 Å². The molecule has 0 aromatic carbocycles. The van der Waals surface area contributed by atoms with Crippen LogP contribution >= 0.6 is 0 Å². The van der Waals surface area contributed by atoms with Crippen molar-refractivity contribution in [3.8, 4) is 5.82 Å². The first-order valence-electron chi connectivity index (χ1n) is 4.21. The minimum atomic E-state index is 0.540. The topological polar surface area (TPSA) is 67.7 Å². The van der Waals surface area contributed by atoms with Gasteiger partial charge in [0.15, 0.2) is 0 Å². The zero-order valence-corrected chi connectivity index (χ0v) is 7.51. The van der Waals surface area contributed by atoms with E-state index < -0.39 is 0 Å². The van der Waals surface area contributed by atoms with Gasteiger partial charge in [0.2, 0.25) is 0 Å². The summed E-state index contributed by atoms with van der Waals surface area (Å²) in [5.41, 5.74) is 6.52. The van der Waals surface area contributed by atoms with E-state index in [4.69, 9.17) is 11.1 Å². The van der Waals surface area contributed by atoms with Gasteiger partial charge in [0.25, 0.3) is 0 Å². The van der Waals surface area contributed by atoms with E-state index in [-0.39, 0.29) is 0 Å². The Balaban J connectivity index is 2.53. The van der Waals surface area contributed by atoms with E-state index in [0.717, 1.165) is 5.82 Å². The van der Waals surface area contributed by atoms with Crippen LogP contribution in [0.2, 0.25) is 0 Å². The molecule has 0 aliphatic rings. The van der Waals surface area contributed by atoms with Crippen molar-refractivity contribution in [2.45, 2.75) is 0 Å². The Morgan fingerprint density at radius 2 is 2.21 bits per heavy atom. The van der Waals surface area contributed by atoms with E-state index in [1.807, 2.05) is 18.2 Å².